The molecular weight excluding hydrogens is 352 g/mol. The minimum absolute atomic E-state index is 0.0582. The summed E-state index contributed by atoms with van der Waals surface area (Å²) < 4.78 is 5.06. The van der Waals surface area contributed by atoms with Gasteiger partial charge in [-0.05, 0) is 23.8 Å². The number of nitrogens with zero attached hydrogens (tertiary/aromatic N) is 6. The number of aryl methyl sites for hydroxylation is 3. The molecule has 28 heavy (non-hydrogen) atoms. The molecule has 0 aliphatic heterocycles. The van der Waals surface area contributed by atoms with Crippen molar-refractivity contribution < 1.29 is 0 Å². The number of fused-ring (bicyclic) bond motifs is 3. The van der Waals surface area contributed by atoms with Gasteiger partial charge in [0, 0.05) is 50.0 Å². The molecule has 0 atom stereocenters. The molecule has 0 aliphatic carbocycles. The first-order valence-electron chi connectivity index (χ1n) is 8.92. The predicted octanol–water partition coefficient (Wildman–Crippen LogP) is 2.89. The highest BCUT2D eigenvalue weighted by Gasteiger charge is 2.13. The van der Waals surface area contributed by atoms with Gasteiger partial charge in [0.2, 0.25) is 0 Å². The van der Waals surface area contributed by atoms with Crippen molar-refractivity contribution in [3.63, 3.8) is 0 Å². The van der Waals surface area contributed by atoms with E-state index < -0.39 is 0 Å². The number of aromatic nitrogens is 6. The molecule has 7 heteroatoms. The van der Waals surface area contributed by atoms with Crippen LogP contribution >= 0.6 is 0 Å². The monoisotopic (exact) mass is 370 g/mol. The van der Waals surface area contributed by atoms with E-state index in [9.17, 15) is 4.79 Å². The van der Waals surface area contributed by atoms with E-state index in [-0.39, 0.29) is 5.69 Å². The van der Waals surface area contributed by atoms with E-state index in [2.05, 4.69) is 21.1 Å². The first kappa shape index (κ1) is 16.4. The molecule has 138 valence electrons. The van der Waals surface area contributed by atoms with Crippen LogP contribution in [0.2, 0.25) is 0 Å². The van der Waals surface area contributed by atoms with E-state index in [0.717, 1.165) is 44.3 Å². The standard InChI is InChI=1S/C21H18N6O/c1-25-12-15(10-24-25)17-6-5-14(9-22-17)13-4-7-18-16(8-13)20-19(11-23-18)26(2)21(28)27(20)3/h4-12H,1-3H3. The zero-order chi connectivity index (χ0) is 19.4. The van der Waals surface area contributed by atoms with Crippen LogP contribution in [0.1, 0.15) is 0 Å². The summed E-state index contributed by atoms with van der Waals surface area (Å²) in [4.78, 5) is 21.4. The van der Waals surface area contributed by atoms with Gasteiger partial charge in [-0.2, -0.15) is 5.10 Å². The summed E-state index contributed by atoms with van der Waals surface area (Å²) in [6.45, 7) is 0. The maximum atomic E-state index is 12.3. The van der Waals surface area contributed by atoms with E-state index in [0.29, 0.717) is 0 Å². The first-order chi connectivity index (χ1) is 13.5. The number of hydrogen-bond donors (Lipinski definition) is 0. The van der Waals surface area contributed by atoms with E-state index in [4.69, 9.17) is 0 Å². The average molecular weight is 370 g/mol. The topological polar surface area (TPSA) is 70.5 Å². The highest BCUT2D eigenvalue weighted by atomic mass is 16.1. The van der Waals surface area contributed by atoms with Crippen LogP contribution in [0.3, 0.4) is 0 Å². The zero-order valence-corrected chi connectivity index (χ0v) is 15.8. The molecular formula is C21H18N6O. The molecule has 1 aromatic carbocycles. The Morgan fingerprint density at radius 2 is 1.64 bits per heavy atom. The van der Waals surface area contributed by atoms with Crippen molar-refractivity contribution in [3.05, 3.63) is 65.6 Å². The highest BCUT2D eigenvalue weighted by molar-refractivity contribution is 6.03. The summed E-state index contributed by atoms with van der Waals surface area (Å²) in [6.07, 6.45) is 7.36. The summed E-state index contributed by atoms with van der Waals surface area (Å²) >= 11 is 0. The van der Waals surface area contributed by atoms with Gasteiger partial charge in [0.25, 0.3) is 0 Å². The second kappa shape index (κ2) is 5.88. The van der Waals surface area contributed by atoms with E-state index in [1.54, 1.807) is 40.3 Å². The number of rotatable bonds is 2. The Morgan fingerprint density at radius 3 is 2.36 bits per heavy atom. The van der Waals surface area contributed by atoms with E-state index in [1.807, 2.05) is 43.7 Å². The fourth-order valence-corrected chi connectivity index (χ4v) is 3.66. The summed E-state index contributed by atoms with van der Waals surface area (Å²) in [7, 11) is 5.45. The molecule has 0 amide bonds. The van der Waals surface area contributed by atoms with Crippen LogP contribution in [-0.2, 0) is 21.1 Å². The van der Waals surface area contributed by atoms with Crippen LogP contribution < -0.4 is 5.69 Å². The molecule has 0 fully saturated rings. The molecule has 4 heterocycles. The lowest BCUT2D eigenvalue weighted by molar-refractivity contribution is 0.768. The minimum Gasteiger partial charge on any atom is -0.294 e. The van der Waals surface area contributed by atoms with Crippen molar-refractivity contribution in [2.75, 3.05) is 0 Å². The SMILES string of the molecule is Cn1cc(-c2ccc(-c3ccc4ncc5c(c4c3)n(C)c(=O)n5C)cn2)cn1. The third-order valence-electron chi connectivity index (χ3n) is 5.19. The van der Waals surface area contributed by atoms with E-state index in [1.165, 1.54) is 0 Å². The summed E-state index contributed by atoms with van der Waals surface area (Å²) in [5, 5.41) is 5.14. The van der Waals surface area contributed by atoms with Gasteiger partial charge < -0.3 is 0 Å². The molecule has 4 aromatic heterocycles. The maximum Gasteiger partial charge on any atom is 0.328 e. The van der Waals surface area contributed by atoms with Crippen molar-refractivity contribution >= 4 is 21.9 Å². The van der Waals surface area contributed by atoms with Gasteiger partial charge in [0.1, 0.15) is 0 Å². The van der Waals surface area contributed by atoms with Gasteiger partial charge in [-0.3, -0.25) is 23.8 Å². The Bertz CT molecular complexity index is 1410. The van der Waals surface area contributed by atoms with Crippen molar-refractivity contribution in [1.82, 2.24) is 28.9 Å². The third-order valence-corrected chi connectivity index (χ3v) is 5.19. The van der Waals surface area contributed by atoms with Crippen molar-refractivity contribution in [2.24, 2.45) is 21.1 Å². The van der Waals surface area contributed by atoms with Crippen LogP contribution in [0.4, 0.5) is 0 Å². The van der Waals surface area contributed by atoms with Crippen molar-refractivity contribution in [3.8, 4) is 22.4 Å². The smallest absolute Gasteiger partial charge is 0.294 e. The molecule has 0 saturated carbocycles. The summed E-state index contributed by atoms with van der Waals surface area (Å²) in [5.74, 6) is 0. The predicted molar refractivity (Wildman–Crippen MR) is 109 cm³/mol. The molecule has 0 aliphatic rings. The Balaban J connectivity index is 1.66. The Labute approximate surface area is 160 Å². The molecule has 7 nitrogen and oxygen atoms in total. The van der Waals surface area contributed by atoms with Crippen LogP contribution in [0.25, 0.3) is 44.3 Å². The van der Waals surface area contributed by atoms with Gasteiger partial charge in [-0.25, -0.2) is 4.79 Å². The lowest BCUT2D eigenvalue weighted by Crippen LogP contribution is -2.19. The zero-order valence-electron chi connectivity index (χ0n) is 15.8. The molecule has 0 spiro atoms. The van der Waals surface area contributed by atoms with Gasteiger partial charge >= 0.3 is 5.69 Å². The molecule has 5 rings (SSSR count). The van der Waals surface area contributed by atoms with Crippen molar-refractivity contribution in [2.45, 2.75) is 0 Å². The van der Waals surface area contributed by atoms with Crippen LogP contribution in [-0.4, -0.2) is 28.9 Å². The van der Waals surface area contributed by atoms with E-state index >= 15 is 0 Å². The number of pyridine rings is 2. The Morgan fingerprint density at radius 1 is 0.821 bits per heavy atom. The summed E-state index contributed by atoms with van der Waals surface area (Å²) in [6, 6.07) is 10.1. The van der Waals surface area contributed by atoms with Gasteiger partial charge in [-0.15, -0.1) is 0 Å². The van der Waals surface area contributed by atoms with Crippen LogP contribution in [0.5, 0.6) is 0 Å². The van der Waals surface area contributed by atoms with Crippen molar-refractivity contribution in [1.29, 1.82) is 0 Å². The fraction of sp³-hybridized carbons (Fsp3) is 0.143. The quantitative estimate of drug-likeness (QED) is 0.479. The van der Waals surface area contributed by atoms with Crippen LogP contribution in [0, 0.1) is 0 Å². The number of benzene rings is 1. The largest absolute Gasteiger partial charge is 0.328 e. The Hall–Kier alpha value is -3.74. The lowest BCUT2D eigenvalue weighted by Gasteiger charge is -2.06. The van der Waals surface area contributed by atoms with Crippen LogP contribution in [0.15, 0.2) is 59.9 Å². The second-order valence-corrected chi connectivity index (χ2v) is 6.96. The normalized spacial score (nSPS) is 11.5. The van der Waals surface area contributed by atoms with Gasteiger partial charge in [0.15, 0.2) is 0 Å². The first-order valence-corrected chi connectivity index (χ1v) is 8.92. The molecule has 0 unspecified atom stereocenters. The minimum atomic E-state index is -0.0582. The number of hydrogen-bond acceptors (Lipinski definition) is 4. The molecule has 0 N–H and O–H groups in total. The molecule has 0 radical (unpaired) electrons. The average Bonchev–Trinajstić information content (AvgIpc) is 3.25. The molecule has 5 aromatic rings. The molecule has 0 saturated heterocycles. The molecule has 0 bridgehead atoms. The highest BCUT2D eigenvalue weighted by Crippen LogP contribution is 2.28. The van der Waals surface area contributed by atoms with Gasteiger partial charge in [0.05, 0.1) is 34.6 Å². The lowest BCUT2D eigenvalue weighted by atomic mass is 10.0. The number of imidazole rings is 1. The maximum absolute atomic E-state index is 12.3. The van der Waals surface area contributed by atoms with Gasteiger partial charge in [-0.1, -0.05) is 12.1 Å². The third kappa shape index (κ3) is 2.36. The second-order valence-electron chi connectivity index (χ2n) is 6.96. The summed E-state index contributed by atoms with van der Waals surface area (Å²) in [5.41, 5.74) is 6.41. The Kier molecular flexibility index (Phi) is 3.45. The fourth-order valence-electron chi connectivity index (χ4n) is 3.66.